The molecule has 0 N–H and O–H groups in total. The third-order valence-corrected chi connectivity index (χ3v) is 5.59. The van der Waals surface area contributed by atoms with Gasteiger partial charge in [-0.05, 0) is 44.7 Å². The molecule has 2 rings (SSSR count). The minimum atomic E-state index is -0.0188. The lowest BCUT2D eigenvalue weighted by Crippen LogP contribution is -2.37. The van der Waals surface area contributed by atoms with Crippen molar-refractivity contribution in [1.82, 2.24) is 0 Å². The van der Waals surface area contributed by atoms with Gasteiger partial charge in [0.25, 0.3) is 0 Å². The van der Waals surface area contributed by atoms with E-state index < -0.39 is 0 Å². The van der Waals surface area contributed by atoms with Gasteiger partial charge < -0.3 is 4.74 Å². The average Bonchev–Trinajstić information content (AvgIpc) is 2.85. The third kappa shape index (κ3) is 3.56. The molecule has 0 aliphatic heterocycles. The fraction of sp³-hybridized carbons (Fsp3) is 0.444. The lowest BCUT2D eigenvalue weighted by molar-refractivity contribution is 0.00295. The molecule has 1 nitrogen and oxygen atoms in total. The molecule has 0 radical (unpaired) electrons. The van der Waals surface area contributed by atoms with Gasteiger partial charge in [-0.2, -0.15) is 0 Å². The predicted octanol–water partition coefficient (Wildman–Crippen LogP) is 5.16. The Kier molecular flexibility index (Phi) is 5.50. The highest BCUT2D eigenvalue weighted by molar-refractivity contribution is 8.00. The predicted molar refractivity (Wildman–Crippen MR) is 88.4 cm³/mol. The normalized spacial score (nSPS) is 26.2. The topological polar surface area (TPSA) is 9.23 Å². The fourth-order valence-electron chi connectivity index (χ4n) is 2.87. The third-order valence-electron chi connectivity index (χ3n) is 4.09. The molecule has 0 unspecified atom stereocenters. The van der Waals surface area contributed by atoms with Crippen LogP contribution in [0.15, 0.2) is 54.0 Å². The van der Waals surface area contributed by atoms with Crippen LogP contribution in [-0.2, 0) is 4.74 Å². The van der Waals surface area contributed by atoms with Crippen molar-refractivity contribution in [2.45, 2.75) is 48.4 Å². The van der Waals surface area contributed by atoms with E-state index in [2.05, 4.69) is 43.8 Å². The van der Waals surface area contributed by atoms with Gasteiger partial charge in [0.15, 0.2) is 0 Å². The van der Waals surface area contributed by atoms with Crippen LogP contribution in [0.2, 0.25) is 0 Å². The van der Waals surface area contributed by atoms with E-state index >= 15 is 0 Å². The van der Waals surface area contributed by atoms with Crippen LogP contribution in [0.4, 0.5) is 0 Å². The first kappa shape index (κ1) is 15.4. The Morgan fingerprint density at radius 2 is 2.15 bits per heavy atom. The van der Waals surface area contributed by atoms with Crippen molar-refractivity contribution in [2.75, 3.05) is 7.11 Å². The number of aryl methyl sites for hydroxylation is 1. The Hall–Kier alpha value is -0.990. The molecule has 1 fully saturated rings. The Morgan fingerprint density at radius 3 is 2.80 bits per heavy atom. The van der Waals surface area contributed by atoms with Gasteiger partial charge in [-0.15, -0.1) is 11.8 Å². The molecule has 1 aliphatic carbocycles. The molecule has 0 saturated heterocycles. The highest BCUT2D eigenvalue weighted by Crippen LogP contribution is 2.45. The van der Waals surface area contributed by atoms with Crippen LogP contribution >= 0.6 is 11.8 Å². The van der Waals surface area contributed by atoms with Crippen LogP contribution in [-0.4, -0.2) is 18.0 Å². The van der Waals surface area contributed by atoms with Crippen LogP contribution in [0.25, 0.3) is 0 Å². The van der Waals surface area contributed by atoms with Gasteiger partial charge >= 0.3 is 0 Å². The number of hydrogen-bond acceptors (Lipinski definition) is 2. The van der Waals surface area contributed by atoms with Crippen LogP contribution in [0, 0.1) is 6.92 Å². The van der Waals surface area contributed by atoms with Crippen LogP contribution in [0.3, 0.4) is 0 Å². The molecular weight excluding hydrogens is 264 g/mol. The molecule has 1 aliphatic rings. The standard InChI is InChI=1S/C18H24OS/c1-4-5-6-13-18(19-3)14-7-8-17(18)20-16-11-9-15(2)10-12-16/h4-6,9-12,17H,1,7-8,13-14H2,2-3H3/b6-5+/t17-,18+/m1/s1. The van der Waals surface area contributed by atoms with Crippen LogP contribution in [0.1, 0.15) is 31.2 Å². The van der Waals surface area contributed by atoms with Crippen molar-refractivity contribution in [3.8, 4) is 0 Å². The molecule has 0 spiro atoms. The fourth-order valence-corrected chi connectivity index (χ4v) is 4.30. The smallest absolute Gasteiger partial charge is 0.0834 e. The lowest BCUT2D eigenvalue weighted by atomic mass is 9.97. The zero-order valence-electron chi connectivity index (χ0n) is 12.5. The summed E-state index contributed by atoms with van der Waals surface area (Å²) in [5, 5.41) is 0.532. The summed E-state index contributed by atoms with van der Waals surface area (Å²) in [7, 11) is 1.86. The zero-order valence-corrected chi connectivity index (χ0v) is 13.3. The molecule has 0 bridgehead atoms. The summed E-state index contributed by atoms with van der Waals surface area (Å²) in [5.41, 5.74) is 1.29. The van der Waals surface area contributed by atoms with E-state index in [0.29, 0.717) is 5.25 Å². The first-order chi connectivity index (χ1) is 9.70. The number of allylic oxidation sites excluding steroid dienone is 2. The Balaban J connectivity index is 2.09. The monoisotopic (exact) mass is 288 g/mol. The molecule has 108 valence electrons. The second-order valence-electron chi connectivity index (χ2n) is 5.45. The lowest BCUT2D eigenvalue weighted by Gasteiger charge is -2.33. The molecule has 20 heavy (non-hydrogen) atoms. The van der Waals surface area contributed by atoms with Gasteiger partial charge in [0.2, 0.25) is 0 Å². The van der Waals surface area contributed by atoms with Crippen molar-refractivity contribution in [1.29, 1.82) is 0 Å². The zero-order chi connectivity index (χ0) is 14.4. The summed E-state index contributed by atoms with van der Waals surface area (Å²) in [6.45, 7) is 5.86. The molecule has 0 amide bonds. The number of thioether (sulfide) groups is 1. The second kappa shape index (κ2) is 7.14. The average molecular weight is 288 g/mol. The minimum Gasteiger partial charge on any atom is -0.377 e. The van der Waals surface area contributed by atoms with Crippen molar-refractivity contribution in [3.63, 3.8) is 0 Å². The highest BCUT2D eigenvalue weighted by atomic mass is 32.2. The minimum absolute atomic E-state index is 0.0188. The number of methoxy groups -OCH3 is 1. The van der Waals surface area contributed by atoms with Gasteiger partial charge in [-0.3, -0.25) is 0 Å². The molecule has 2 atom stereocenters. The summed E-state index contributed by atoms with van der Waals surface area (Å²) in [4.78, 5) is 1.34. The molecule has 1 aromatic carbocycles. The summed E-state index contributed by atoms with van der Waals surface area (Å²) in [6.07, 6.45) is 10.6. The van der Waals surface area contributed by atoms with E-state index in [4.69, 9.17) is 4.74 Å². The van der Waals surface area contributed by atoms with Crippen molar-refractivity contribution >= 4 is 11.8 Å². The maximum Gasteiger partial charge on any atom is 0.0834 e. The SMILES string of the molecule is C=C/C=C/C[C@]1(OC)CCC[C@H]1Sc1ccc(C)cc1. The van der Waals surface area contributed by atoms with Crippen molar-refractivity contribution < 1.29 is 4.74 Å². The Labute approximate surface area is 127 Å². The maximum atomic E-state index is 5.95. The first-order valence-corrected chi connectivity index (χ1v) is 8.14. The largest absolute Gasteiger partial charge is 0.377 e. The van der Waals surface area contributed by atoms with Gasteiger partial charge in [0.1, 0.15) is 0 Å². The molecule has 1 aromatic rings. The highest BCUT2D eigenvalue weighted by Gasteiger charge is 2.42. The molecule has 0 aromatic heterocycles. The Morgan fingerprint density at radius 1 is 1.40 bits per heavy atom. The van der Waals surface area contributed by atoms with Gasteiger partial charge in [-0.1, -0.05) is 42.5 Å². The molecule has 2 heteroatoms. The van der Waals surface area contributed by atoms with Crippen LogP contribution < -0.4 is 0 Å². The summed E-state index contributed by atoms with van der Waals surface area (Å²) >= 11 is 1.96. The van der Waals surface area contributed by atoms with E-state index in [0.717, 1.165) is 12.8 Å². The summed E-state index contributed by atoms with van der Waals surface area (Å²) in [6, 6.07) is 8.81. The van der Waals surface area contributed by atoms with E-state index in [1.165, 1.54) is 23.3 Å². The van der Waals surface area contributed by atoms with E-state index in [1.807, 2.05) is 31.0 Å². The van der Waals surface area contributed by atoms with E-state index in [-0.39, 0.29) is 5.60 Å². The summed E-state index contributed by atoms with van der Waals surface area (Å²) in [5.74, 6) is 0. The second-order valence-corrected chi connectivity index (χ2v) is 6.72. The quantitative estimate of drug-likeness (QED) is 0.669. The van der Waals surface area contributed by atoms with E-state index in [9.17, 15) is 0 Å². The summed E-state index contributed by atoms with van der Waals surface area (Å²) < 4.78 is 5.95. The molecule has 1 saturated carbocycles. The van der Waals surface area contributed by atoms with Gasteiger partial charge in [0, 0.05) is 17.3 Å². The molecular formula is C18H24OS. The number of rotatable bonds is 6. The number of benzene rings is 1. The number of hydrogen-bond donors (Lipinski definition) is 0. The first-order valence-electron chi connectivity index (χ1n) is 7.26. The van der Waals surface area contributed by atoms with Gasteiger partial charge in [-0.25, -0.2) is 0 Å². The van der Waals surface area contributed by atoms with Gasteiger partial charge in [0.05, 0.1) is 5.60 Å². The number of ether oxygens (including phenoxy) is 1. The van der Waals surface area contributed by atoms with Crippen LogP contribution in [0.5, 0.6) is 0 Å². The molecule has 0 heterocycles. The van der Waals surface area contributed by atoms with E-state index in [1.54, 1.807) is 0 Å². The maximum absolute atomic E-state index is 5.95. The van der Waals surface area contributed by atoms with Crippen molar-refractivity contribution in [2.24, 2.45) is 0 Å². The Bertz CT molecular complexity index is 463. The van der Waals surface area contributed by atoms with Crippen molar-refractivity contribution in [3.05, 3.63) is 54.6 Å².